The van der Waals surface area contributed by atoms with Crippen LogP contribution >= 0.6 is 11.6 Å². The number of rotatable bonds is 10. The summed E-state index contributed by atoms with van der Waals surface area (Å²) in [5, 5.41) is 0.133. The van der Waals surface area contributed by atoms with Crippen molar-refractivity contribution in [1.82, 2.24) is 9.62 Å². The number of halogens is 1. The topological polar surface area (TPSA) is 84.9 Å². The van der Waals surface area contributed by atoms with E-state index in [1.165, 1.54) is 30.9 Å². The molecule has 7 nitrogen and oxygen atoms in total. The lowest BCUT2D eigenvalue weighted by molar-refractivity contribution is -0.134. The first-order valence-electron chi connectivity index (χ1n) is 10.6. The van der Waals surface area contributed by atoms with Crippen molar-refractivity contribution in [3.63, 3.8) is 0 Å². The van der Waals surface area contributed by atoms with Gasteiger partial charge in [-0.1, -0.05) is 41.9 Å². The maximum atomic E-state index is 12.6. The number of hydrogen-bond acceptors (Lipinski definition) is 5. The van der Waals surface area contributed by atoms with Gasteiger partial charge in [-0.05, 0) is 48.9 Å². The number of carbonyl (C=O) groups excluding carboxylic acids is 1. The van der Waals surface area contributed by atoms with Crippen molar-refractivity contribution in [1.29, 1.82) is 0 Å². The van der Waals surface area contributed by atoms with Crippen molar-refractivity contribution in [3.8, 4) is 5.75 Å². The third-order valence-electron chi connectivity index (χ3n) is 5.50. The monoisotopic (exact) mass is 480 g/mol. The van der Waals surface area contributed by atoms with Crippen molar-refractivity contribution in [2.75, 3.05) is 40.0 Å². The molecule has 0 aromatic heterocycles. The molecule has 0 saturated carbocycles. The highest BCUT2D eigenvalue weighted by molar-refractivity contribution is 7.89. The van der Waals surface area contributed by atoms with Crippen LogP contribution in [0.2, 0.25) is 5.02 Å². The van der Waals surface area contributed by atoms with Crippen LogP contribution in [0.15, 0.2) is 53.4 Å². The van der Waals surface area contributed by atoms with Gasteiger partial charge in [-0.25, -0.2) is 13.1 Å². The minimum atomic E-state index is -3.69. The lowest BCUT2D eigenvalue weighted by Gasteiger charge is -2.32. The first kappa shape index (κ1) is 24.5. The van der Waals surface area contributed by atoms with E-state index in [1.807, 2.05) is 11.0 Å². The van der Waals surface area contributed by atoms with E-state index in [0.717, 1.165) is 19.3 Å². The lowest BCUT2D eigenvalue weighted by Crippen LogP contribution is -2.41. The fraction of sp³-hybridized carbons (Fsp3) is 0.435. The molecule has 1 fully saturated rings. The predicted octanol–water partition coefficient (Wildman–Crippen LogP) is 3.12. The molecule has 174 valence electrons. The molecular formula is C23H29ClN2O5S. The molecule has 0 radical (unpaired) electrons. The Morgan fingerprint density at radius 1 is 1.16 bits per heavy atom. The molecule has 1 heterocycles. The average molecular weight is 481 g/mol. The lowest BCUT2D eigenvalue weighted by atomic mass is 9.90. The van der Waals surface area contributed by atoms with Gasteiger partial charge in [0, 0.05) is 26.7 Å². The summed E-state index contributed by atoms with van der Waals surface area (Å²) in [5.41, 5.74) is 1.33. The van der Waals surface area contributed by atoms with E-state index in [1.54, 1.807) is 0 Å². The Hall–Kier alpha value is -2.13. The van der Waals surface area contributed by atoms with E-state index >= 15 is 0 Å². The number of piperidine rings is 1. The number of hydrogen-bond donors (Lipinski definition) is 1. The quantitative estimate of drug-likeness (QED) is 0.528. The van der Waals surface area contributed by atoms with E-state index in [2.05, 4.69) is 29.0 Å². The standard InChI is InChI=1S/C23H29ClN2O5S/c1-30-14-11-25-32(28,29)20-7-8-22(21(24)16-20)31-17-23(27)26-12-9-19(10-13-26)15-18-5-3-2-4-6-18/h2-8,16,19,25H,9-15,17H2,1H3. The number of ether oxygens (including phenoxy) is 2. The zero-order chi connectivity index (χ0) is 23.0. The van der Waals surface area contributed by atoms with Gasteiger partial charge in [-0.15, -0.1) is 0 Å². The first-order chi connectivity index (χ1) is 15.4. The molecule has 3 rings (SSSR count). The highest BCUT2D eigenvalue weighted by Gasteiger charge is 2.23. The minimum absolute atomic E-state index is 0.0257. The third-order valence-corrected chi connectivity index (χ3v) is 7.25. The maximum Gasteiger partial charge on any atom is 0.260 e. The Morgan fingerprint density at radius 2 is 1.88 bits per heavy atom. The summed E-state index contributed by atoms with van der Waals surface area (Å²) in [4.78, 5) is 14.4. The third kappa shape index (κ3) is 6.93. The molecule has 0 atom stereocenters. The summed E-state index contributed by atoms with van der Waals surface area (Å²) < 4.78 is 37.4. The molecule has 9 heteroatoms. The van der Waals surface area contributed by atoms with E-state index in [9.17, 15) is 13.2 Å². The van der Waals surface area contributed by atoms with Gasteiger partial charge < -0.3 is 14.4 Å². The van der Waals surface area contributed by atoms with Crippen LogP contribution in [0, 0.1) is 5.92 Å². The first-order valence-corrected chi connectivity index (χ1v) is 12.5. The second-order valence-corrected chi connectivity index (χ2v) is 9.96. The van der Waals surface area contributed by atoms with Crippen LogP contribution in [-0.2, 0) is 26.0 Å². The van der Waals surface area contributed by atoms with Crippen molar-refractivity contribution in [3.05, 3.63) is 59.1 Å². The van der Waals surface area contributed by atoms with Crippen LogP contribution in [0.4, 0.5) is 0 Å². The number of amides is 1. The SMILES string of the molecule is COCCNS(=O)(=O)c1ccc(OCC(=O)N2CCC(Cc3ccccc3)CC2)c(Cl)c1. The Bertz CT molecular complexity index is 993. The fourth-order valence-electron chi connectivity index (χ4n) is 3.69. The molecule has 2 aromatic carbocycles. The zero-order valence-corrected chi connectivity index (χ0v) is 19.7. The number of likely N-dealkylation sites (tertiary alicyclic amines) is 1. The average Bonchev–Trinajstić information content (AvgIpc) is 2.79. The van der Waals surface area contributed by atoms with Crippen molar-refractivity contribution >= 4 is 27.5 Å². The molecule has 1 aliphatic heterocycles. The second-order valence-electron chi connectivity index (χ2n) is 7.79. The maximum absolute atomic E-state index is 12.6. The molecule has 2 aromatic rings. The predicted molar refractivity (Wildman–Crippen MR) is 123 cm³/mol. The van der Waals surface area contributed by atoms with E-state index in [4.69, 9.17) is 21.1 Å². The summed E-state index contributed by atoms with van der Waals surface area (Å²) >= 11 is 6.20. The number of nitrogens with one attached hydrogen (secondary N) is 1. The summed E-state index contributed by atoms with van der Waals surface area (Å²) in [5.74, 6) is 0.746. The zero-order valence-electron chi connectivity index (χ0n) is 18.1. The molecule has 0 aliphatic carbocycles. The normalized spacial score (nSPS) is 15.0. The van der Waals surface area contributed by atoms with Gasteiger partial charge in [0.15, 0.2) is 6.61 Å². The van der Waals surface area contributed by atoms with E-state index in [0.29, 0.717) is 19.0 Å². The summed E-state index contributed by atoms with van der Waals surface area (Å²) in [6.45, 7) is 1.70. The van der Waals surface area contributed by atoms with Gasteiger partial charge in [0.25, 0.3) is 5.91 Å². The Morgan fingerprint density at radius 3 is 2.53 bits per heavy atom. The molecule has 1 amide bonds. The van der Waals surface area contributed by atoms with Gasteiger partial charge in [0.05, 0.1) is 16.5 Å². The molecule has 1 saturated heterocycles. The van der Waals surface area contributed by atoms with Crippen LogP contribution in [0.25, 0.3) is 0 Å². The number of methoxy groups -OCH3 is 1. The van der Waals surface area contributed by atoms with Crippen LogP contribution in [-0.4, -0.2) is 59.2 Å². The van der Waals surface area contributed by atoms with Crippen LogP contribution in [0.5, 0.6) is 5.75 Å². The molecule has 32 heavy (non-hydrogen) atoms. The van der Waals surface area contributed by atoms with E-state index < -0.39 is 10.0 Å². The highest BCUT2D eigenvalue weighted by Crippen LogP contribution is 2.28. The van der Waals surface area contributed by atoms with Crippen LogP contribution in [0.3, 0.4) is 0 Å². The second kappa shape index (κ2) is 11.7. The largest absolute Gasteiger partial charge is 0.482 e. The molecule has 0 bridgehead atoms. The summed E-state index contributed by atoms with van der Waals surface area (Å²) in [7, 11) is -2.20. The van der Waals surface area contributed by atoms with Crippen molar-refractivity contribution in [2.45, 2.75) is 24.2 Å². The van der Waals surface area contributed by atoms with Crippen LogP contribution < -0.4 is 9.46 Å². The van der Waals surface area contributed by atoms with Gasteiger partial charge in [0.1, 0.15) is 5.75 Å². The highest BCUT2D eigenvalue weighted by atomic mass is 35.5. The molecule has 1 N–H and O–H groups in total. The van der Waals surface area contributed by atoms with Crippen molar-refractivity contribution < 1.29 is 22.7 Å². The Balaban J connectivity index is 1.47. The summed E-state index contributed by atoms with van der Waals surface area (Å²) in [6.07, 6.45) is 2.96. The summed E-state index contributed by atoms with van der Waals surface area (Å²) in [6, 6.07) is 14.6. The Kier molecular flexibility index (Phi) is 8.92. The van der Waals surface area contributed by atoms with Crippen LogP contribution in [0.1, 0.15) is 18.4 Å². The van der Waals surface area contributed by atoms with Gasteiger partial charge in [0.2, 0.25) is 10.0 Å². The van der Waals surface area contributed by atoms with Gasteiger partial charge in [-0.2, -0.15) is 0 Å². The van der Waals surface area contributed by atoms with Gasteiger partial charge >= 0.3 is 0 Å². The number of carbonyl (C=O) groups is 1. The molecule has 0 unspecified atom stereocenters. The minimum Gasteiger partial charge on any atom is -0.482 e. The fourth-order valence-corrected chi connectivity index (χ4v) is 5.03. The van der Waals surface area contributed by atoms with E-state index in [-0.39, 0.29) is 41.3 Å². The molecule has 1 aliphatic rings. The molecular weight excluding hydrogens is 452 g/mol. The number of nitrogens with zero attached hydrogens (tertiary/aromatic N) is 1. The van der Waals surface area contributed by atoms with Crippen molar-refractivity contribution in [2.24, 2.45) is 5.92 Å². The van der Waals surface area contributed by atoms with Gasteiger partial charge in [-0.3, -0.25) is 4.79 Å². The number of sulfonamides is 1. The Labute approximate surface area is 194 Å². The smallest absolute Gasteiger partial charge is 0.260 e. The molecule has 0 spiro atoms. The number of benzene rings is 2.